The van der Waals surface area contributed by atoms with Gasteiger partial charge in [0.15, 0.2) is 0 Å². The number of fused-ring (bicyclic) bond motifs is 1. The summed E-state index contributed by atoms with van der Waals surface area (Å²) in [6.07, 6.45) is 0. The number of hydrogen-bond donors (Lipinski definition) is 0. The predicted octanol–water partition coefficient (Wildman–Crippen LogP) is 5.10. The largest absolute Gasteiger partial charge is 0.471 e. The maximum absolute atomic E-state index is 6.00. The van der Waals surface area contributed by atoms with Gasteiger partial charge in [-0.3, -0.25) is 0 Å². The Kier molecular flexibility index (Phi) is 4.36. The molecule has 0 aliphatic heterocycles. The minimum atomic E-state index is 0.350. The van der Waals surface area contributed by atoms with Crippen molar-refractivity contribution < 1.29 is 9.26 Å². The molecule has 2 aromatic heterocycles. The highest BCUT2D eigenvalue weighted by Crippen LogP contribution is 2.33. The maximum Gasteiger partial charge on any atom is 0.241 e. The number of benzene rings is 2. The number of hydrogen-bond acceptors (Lipinski definition) is 5. The third-order valence-corrected chi connectivity index (χ3v) is 4.84. The molecule has 5 nitrogen and oxygen atoms in total. The molecule has 0 N–H and O–H groups in total. The van der Waals surface area contributed by atoms with E-state index in [1.165, 1.54) is 11.1 Å². The van der Waals surface area contributed by atoms with Crippen LogP contribution in [0, 0.1) is 27.7 Å². The Morgan fingerprint density at radius 2 is 1.70 bits per heavy atom. The van der Waals surface area contributed by atoms with Crippen molar-refractivity contribution in [1.29, 1.82) is 0 Å². The Balaban J connectivity index is 1.78. The summed E-state index contributed by atoms with van der Waals surface area (Å²) in [6, 6.07) is 14.4. The minimum Gasteiger partial charge on any atom is -0.471 e. The van der Waals surface area contributed by atoms with E-state index < -0.39 is 0 Å². The molecule has 0 aliphatic rings. The van der Waals surface area contributed by atoms with E-state index in [0.29, 0.717) is 12.5 Å². The zero-order valence-electron chi connectivity index (χ0n) is 15.9. The highest BCUT2D eigenvalue weighted by Gasteiger charge is 2.15. The van der Waals surface area contributed by atoms with Gasteiger partial charge in [-0.2, -0.15) is 0 Å². The van der Waals surface area contributed by atoms with Gasteiger partial charge >= 0.3 is 0 Å². The second-order valence-corrected chi connectivity index (χ2v) is 6.81. The van der Waals surface area contributed by atoms with E-state index in [1.807, 2.05) is 32.0 Å². The van der Waals surface area contributed by atoms with Gasteiger partial charge in [-0.25, -0.2) is 0 Å². The molecule has 0 radical (unpaired) electrons. The lowest BCUT2D eigenvalue weighted by molar-refractivity contribution is 0.291. The number of aryl methyl sites for hydroxylation is 4. The fourth-order valence-corrected chi connectivity index (χ4v) is 3.22. The number of nitrogens with zero attached hydrogens (tertiary/aromatic N) is 3. The summed E-state index contributed by atoms with van der Waals surface area (Å²) < 4.78 is 11.2. The maximum atomic E-state index is 6.00. The van der Waals surface area contributed by atoms with Gasteiger partial charge in [0.05, 0.1) is 11.3 Å². The van der Waals surface area contributed by atoms with Crippen LogP contribution in [0.25, 0.3) is 22.0 Å². The van der Waals surface area contributed by atoms with E-state index in [2.05, 4.69) is 53.5 Å². The van der Waals surface area contributed by atoms with Gasteiger partial charge in [-0.15, -0.1) is 10.2 Å². The van der Waals surface area contributed by atoms with Crippen molar-refractivity contribution in [3.63, 3.8) is 0 Å². The Hall–Kier alpha value is -3.21. The Bertz CT molecular complexity index is 1110. The van der Waals surface area contributed by atoms with Crippen LogP contribution in [-0.4, -0.2) is 15.4 Å². The topological polar surface area (TPSA) is 61.0 Å². The van der Waals surface area contributed by atoms with Crippen LogP contribution in [0.4, 0.5) is 0 Å². The zero-order chi connectivity index (χ0) is 19.0. The van der Waals surface area contributed by atoms with Gasteiger partial charge in [-0.05, 0) is 45.4 Å². The normalized spacial score (nSPS) is 11.1. The summed E-state index contributed by atoms with van der Waals surface area (Å²) in [4.78, 5) is 0. The smallest absolute Gasteiger partial charge is 0.241 e. The molecule has 0 bridgehead atoms. The second kappa shape index (κ2) is 6.83. The van der Waals surface area contributed by atoms with Crippen LogP contribution in [0.5, 0.6) is 5.88 Å². The van der Waals surface area contributed by atoms with Crippen molar-refractivity contribution >= 4 is 10.8 Å². The predicted molar refractivity (Wildman–Crippen MR) is 105 cm³/mol. The zero-order valence-corrected chi connectivity index (χ0v) is 15.9. The molecular weight excluding hydrogens is 338 g/mol. The van der Waals surface area contributed by atoms with E-state index in [-0.39, 0.29) is 0 Å². The summed E-state index contributed by atoms with van der Waals surface area (Å²) in [7, 11) is 0. The van der Waals surface area contributed by atoms with Crippen LogP contribution >= 0.6 is 0 Å². The van der Waals surface area contributed by atoms with Gasteiger partial charge in [0.2, 0.25) is 5.88 Å². The Labute approximate surface area is 158 Å². The lowest BCUT2D eigenvalue weighted by Gasteiger charge is -2.12. The average molecular weight is 359 g/mol. The molecule has 0 fully saturated rings. The molecule has 136 valence electrons. The first-order valence-corrected chi connectivity index (χ1v) is 8.92. The molecule has 0 saturated carbocycles. The van der Waals surface area contributed by atoms with Crippen LogP contribution in [-0.2, 0) is 6.61 Å². The molecule has 0 atom stereocenters. The van der Waals surface area contributed by atoms with E-state index in [1.54, 1.807) is 0 Å². The average Bonchev–Trinajstić information content (AvgIpc) is 3.00. The molecule has 2 aromatic carbocycles. The Morgan fingerprint density at radius 1 is 0.926 bits per heavy atom. The number of ether oxygens (including phenoxy) is 1. The molecule has 4 rings (SSSR count). The molecule has 0 saturated heterocycles. The monoisotopic (exact) mass is 359 g/mol. The fraction of sp³-hybridized carbons (Fsp3) is 0.227. The lowest BCUT2D eigenvalue weighted by Crippen LogP contribution is -2.02. The van der Waals surface area contributed by atoms with Crippen LogP contribution in [0.1, 0.15) is 28.1 Å². The molecule has 0 unspecified atom stereocenters. The molecule has 2 heterocycles. The fourth-order valence-electron chi connectivity index (χ4n) is 3.22. The van der Waals surface area contributed by atoms with Crippen LogP contribution in [0.2, 0.25) is 0 Å². The first-order chi connectivity index (χ1) is 13.0. The van der Waals surface area contributed by atoms with Crippen molar-refractivity contribution in [1.82, 2.24) is 15.4 Å². The summed E-state index contributed by atoms with van der Waals surface area (Å²) in [5.41, 5.74) is 6.10. The van der Waals surface area contributed by atoms with E-state index >= 15 is 0 Å². The lowest BCUT2D eigenvalue weighted by atomic mass is 9.99. The molecule has 0 aliphatic carbocycles. The van der Waals surface area contributed by atoms with Crippen LogP contribution < -0.4 is 4.74 Å². The molecule has 5 heteroatoms. The van der Waals surface area contributed by atoms with Gasteiger partial charge < -0.3 is 9.26 Å². The van der Waals surface area contributed by atoms with Crippen LogP contribution in [0.15, 0.2) is 47.0 Å². The second-order valence-electron chi connectivity index (χ2n) is 6.81. The third-order valence-electron chi connectivity index (χ3n) is 4.84. The van der Waals surface area contributed by atoms with Gasteiger partial charge in [-0.1, -0.05) is 41.1 Å². The molecule has 0 spiro atoms. The summed E-state index contributed by atoms with van der Waals surface area (Å²) >= 11 is 0. The number of rotatable bonds is 4. The summed E-state index contributed by atoms with van der Waals surface area (Å²) in [5.74, 6) is 1.27. The van der Waals surface area contributed by atoms with Crippen molar-refractivity contribution in [3.05, 3.63) is 70.6 Å². The summed E-state index contributed by atoms with van der Waals surface area (Å²) in [5, 5.41) is 14.8. The Morgan fingerprint density at radius 3 is 2.44 bits per heavy atom. The van der Waals surface area contributed by atoms with E-state index in [0.717, 1.165) is 39.0 Å². The van der Waals surface area contributed by atoms with Crippen LogP contribution in [0.3, 0.4) is 0 Å². The van der Waals surface area contributed by atoms with E-state index in [4.69, 9.17) is 9.26 Å². The highest BCUT2D eigenvalue weighted by molar-refractivity contribution is 5.97. The molecule has 4 aromatic rings. The molecule has 0 amide bonds. The molecule has 27 heavy (non-hydrogen) atoms. The quantitative estimate of drug-likeness (QED) is 0.507. The van der Waals surface area contributed by atoms with Gasteiger partial charge in [0.1, 0.15) is 18.1 Å². The first kappa shape index (κ1) is 17.2. The van der Waals surface area contributed by atoms with E-state index in [9.17, 15) is 0 Å². The van der Waals surface area contributed by atoms with Gasteiger partial charge in [0.25, 0.3) is 0 Å². The van der Waals surface area contributed by atoms with Crippen molar-refractivity contribution in [3.8, 4) is 17.1 Å². The highest BCUT2D eigenvalue weighted by atomic mass is 16.5. The SMILES string of the molecule is Cc1ccc(C)c(-c2nnc(OCc3c(C)noc3C)c3ccccc23)c1. The van der Waals surface area contributed by atoms with Crippen molar-refractivity contribution in [2.24, 2.45) is 0 Å². The molecular formula is C22H21N3O2. The van der Waals surface area contributed by atoms with Crippen molar-refractivity contribution in [2.75, 3.05) is 0 Å². The minimum absolute atomic E-state index is 0.350. The standard InChI is InChI=1S/C22H21N3O2/c1-13-9-10-14(2)19(11-13)21-17-7-5-6-8-18(17)22(24-23-21)26-12-20-15(3)25-27-16(20)4/h5-11H,12H2,1-4H3. The van der Waals surface area contributed by atoms with Crippen molar-refractivity contribution in [2.45, 2.75) is 34.3 Å². The van der Waals surface area contributed by atoms with Gasteiger partial charge in [0, 0.05) is 16.3 Å². The summed E-state index contributed by atoms with van der Waals surface area (Å²) in [6.45, 7) is 8.31. The first-order valence-electron chi connectivity index (χ1n) is 8.92. The third kappa shape index (κ3) is 3.16. The number of aromatic nitrogens is 3.